The van der Waals surface area contributed by atoms with E-state index in [0.29, 0.717) is 24.0 Å². The first kappa shape index (κ1) is 26.6. The Labute approximate surface area is 181 Å². The van der Waals surface area contributed by atoms with Crippen LogP contribution in [-0.2, 0) is 9.57 Å². The highest BCUT2D eigenvalue weighted by Gasteiger charge is 2.43. The van der Waals surface area contributed by atoms with Gasteiger partial charge in [0.15, 0.2) is 0 Å². The minimum absolute atomic E-state index is 0.278. The van der Waals surface area contributed by atoms with Crippen molar-refractivity contribution in [2.24, 2.45) is 29.4 Å². The number of hydrogen-bond donors (Lipinski definition) is 2. The highest BCUT2D eigenvalue weighted by atomic mass is 16.6. The van der Waals surface area contributed by atoms with Crippen molar-refractivity contribution in [3.05, 3.63) is 12.2 Å². The smallest absolute Gasteiger partial charge is 0.0707 e. The van der Waals surface area contributed by atoms with Crippen molar-refractivity contribution < 1.29 is 9.57 Å². The predicted molar refractivity (Wildman–Crippen MR) is 125 cm³/mol. The lowest BCUT2D eigenvalue weighted by molar-refractivity contribution is -0.0206. The molecule has 0 aromatic heterocycles. The third kappa shape index (κ3) is 12.1. The first-order valence-electron chi connectivity index (χ1n) is 12.3. The highest BCUT2D eigenvalue weighted by Crippen LogP contribution is 2.44. The molecule has 0 saturated heterocycles. The Hall–Kier alpha value is -0.420. The van der Waals surface area contributed by atoms with Crippen molar-refractivity contribution in [3.63, 3.8) is 0 Å². The van der Waals surface area contributed by atoms with Gasteiger partial charge in [0.05, 0.1) is 12.7 Å². The van der Waals surface area contributed by atoms with Crippen molar-refractivity contribution in [1.29, 1.82) is 0 Å². The van der Waals surface area contributed by atoms with Crippen LogP contribution in [0, 0.1) is 23.7 Å². The van der Waals surface area contributed by atoms with Gasteiger partial charge in [-0.05, 0) is 75.5 Å². The molecule has 0 heterocycles. The van der Waals surface area contributed by atoms with Crippen molar-refractivity contribution >= 4 is 0 Å². The summed E-state index contributed by atoms with van der Waals surface area (Å²) in [5.41, 5.74) is 9.25. The molecule has 172 valence electrons. The lowest BCUT2D eigenvalue weighted by Crippen LogP contribution is -2.37. The molecule has 1 unspecified atom stereocenters. The van der Waals surface area contributed by atoms with Gasteiger partial charge in [-0.2, -0.15) is 5.48 Å². The maximum absolute atomic E-state index is 6.13. The van der Waals surface area contributed by atoms with Crippen LogP contribution in [-0.4, -0.2) is 31.4 Å². The van der Waals surface area contributed by atoms with Crippen molar-refractivity contribution in [3.8, 4) is 0 Å². The van der Waals surface area contributed by atoms with Gasteiger partial charge in [0.1, 0.15) is 0 Å². The summed E-state index contributed by atoms with van der Waals surface area (Å²) in [4.78, 5) is 5.91. The Bertz CT molecular complexity index is 425. The number of hydrogen-bond acceptors (Lipinski definition) is 4. The molecule has 1 aliphatic carbocycles. The number of unbranched alkanes of at least 4 members (excludes halogenated alkanes) is 1. The molecule has 1 rings (SSSR count). The highest BCUT2D eigenvalue weighted by molar-refractivity contribution is 4.94. The molecule has 4 nitrogen and oxygen atoms in total. The summed E-state index contributed by atoms with van der Waals surface area (Å²) < 4.78 is 6.13. The van der Waals surface area contributed by atoms with Crippen molar-refractivity contribution in [2.75, 3.05) is 13.2 Å². The van der Waals surface area contributed by atoms with E-state index in [1.165, 1.54) is 19.3 Å². The summed E-state index contributed by atoms with van der Waals surface area (Å²) in [5.74, 6) is 2.56. The SMILES string of the molecule is CC/C=C\CCCO[C@@H]1CC1[C@H](CC)C[C@@H](NOC[C@@H](C)CC[C@@H](C)N)C(C)C. The van der Waals surface area contributed by atoms with Crippen molar-refractivity contribution in [1.82, 2.24) is 5.48 Å². The van der Waals surface area contributed by atoms with Gasteiger partial charge >= 0.3 is 0 Å². The summed E-state index contributed by atoms with van der Waals surface area (Å²) in [5, 5.41) is 0. The maximum atomic E-state index is 6.13. The third-order valence-electron chi connectivity index (χ3n) is 6.24. The van der Waals surface area contributed by atoms with Gasteiger partial charge in [0.25, 0.3) is 0 Å². The molecule has 29 heavy (non-hydrogen) atoms. The van der Waals surface area contributed by atoms with Crippen LogP contribution in [0.1, 0.15) is 92.9 Å². The van der Waals surface area contributed by atoms with E-state index in [0.717, 1.165) is 57.2 Å². The topological polar surface area (TPSA) is 56.5 Å². The van der Waals surface area contributed by atoms with Gasteiger partial charge in [0.2, 0.25) is 0 Å². The van der Waals surface area contributed by atoms with E-state index < -0.39 is 0 Å². The number of ether oxygens (including phenoxy) is 1. The van der Waals surface area contributed by atoms with E-state index >= 15 is 0 Å². The lowest BCUT2D eigenvalue weighted by Gasteiger charge is -2.27. The van der Waals surface area contributed by atoms with E-state index in [1.54, 1.807) is 0 Å². The Kier molecular flexibility index (Phi) is 14.1. The van der Waals surface area contributed by atoms with Gasteiger partial charge in [-0.15, -0.1) is 0 Å². The second-order valence-electron chi connectivity index (χ2n) is 9.67. The predicted octanol–water partition coefficient (Wildman–Crippen LogP) is 5.86. The molecule has 4 heteroatoms. The molecule has 0 spiro atoms. The fourth-order valence-corrected chi connectivity index (χ4v) is 3.95. The molecule has 0 aliphatic heterocycles. The molecule has 0 aromatic carbocycles. The summed E-state index contributed by atoms with van der Waals surface area (Å²) in [6.07, 6.45) is 14.2. The molecule has 3 N–H and O–H groups in total. The van der Waals surface area contributed by atoms with Crippen LogP contribution < -0.4 is 11.2 Å². The van der Waals surface area contributed by atoms with Crippen LogP contribution in [0.5, 0.6) is 0 Å². The molecular weight excluding hydrogens is 360 g/mol. The fraction of sp³-hybridized carbons (Fsp3) is 0.920. The van der Waals surface area contributed by atoms with Gasteiger partial charge < -0.3 is 15.3 Å². The maximum Gasteiger partial charge on any atom is 0.0707 e. The molecule has 0 radical (unpaired) electrons. The van der Waals surface area contributed by atoms with Gasteiger partial charge in [-0.1, -0.05) is 53.2 Å². The second-order valence-corrected chi connectivity index (χ2v) is 9.67. The molecular formula is C25H50N2O2. The van der Waals surface area contributed by atoms with Crippen LogP contribution in [0.15, 0.2) is 12.2 Å². The Balaban J connectivity index is 2.29. The zero-order valence-electron chi connectivity index (χ0n) is 20.2. The third-order valence-corrected chi connectivity index (χ3v) is 6.24. The van der Waals surface area contributed by atoms with Gasteiger partial charge in [-0.25, -0.2) is 0 Å². The summed E-state index contributed by atoms with van der Waals surface area (Å²) in [7, 11) is 0. The number of nitrogens with one attached hydrogen (secondary N) is 1. The summed E-state index contributed by atoms with van der Waals surface area (Å²) in [6, 6.07) is 0.682. The summed E-state index contributed by atoms with van der Waals surface area (Å²) >= 11 is 0. The Morgan fingerprint density at radius 1 is 1.10 bits per heavy atom. The van der Waals surface area contributed by atoms with E-state index in [1.807, 2.05) is 0 Å². The van der Waals surface area contributed by atoms with Crippen molar-refractivity contribution in [2.45, 2.75) is 111 Å². The van der Waals surface area contributed by atoms with Gasteiger partial charge in [-0.3, -0.25) is 0 Å². The number of hydroxylamine groups is 1. The summed E-state index contributed by atoms with van der Waals surface area (Å²) in [6.45, 7) is 15.1. The molecule has 1 aliphatic rings. The average Bonchev–Trinajstić information content (AvgIpc) is 3.44. The van der Waals surface area contributed by atoms with Crippen LogP contribution in [0.2, 0.25) is 0 Å². The lowest BCUT2D eigenvalue weighted by atomic mass is 9.88. The van der Waals surface area contributed by atoms with Crippen LogP contribution >= 0.6 is 0 Å². The van der Waals surface area contributed by atoms with E-state index in [9.17, 15) is 0 Å². The molecule has 0 aromatic rings. The minimum atomic E-state index is 0.278. The number of nitrogens with two attached hydrogens (primary N) is 1. The van der Waals surface area contributed by atoms with E-state index in [4.69, 9.17) is 15.3 Å². The molecule has 1 fully saturated rings. The molecule has 0 amide bonds. The second kappa shape index (κ2) is 15.4. The number of rotatable bonds is 18. The van der Waals surface area contributed by atoms with Gasteiger partial charge in [0, 0.05) is 18.7 Å². The van der Waals surface area contributed by atoms with Crippen LogP contribution in [0.4, 0.5) is 0 Å². The zero-order valence-corrected chi connectivity index (χ0v) is 20.2. The first-order chi connectivity index (χ1) is 13.9. The van der Waals surface area contributed by atoms with E-state index in [2.05, 4.69) is 59.2 Å². The average molecular weight is 411 g/mol. The normalized spacial score (nSPS) is 23.4. The molecule has 1 saturated carbocycles. The standard InChI is InChI=1S/C25H50N2O2/c1-7-9-10-11-12-15-28-25-17-23(25)22(8-2)16-24(19(3)4)27-29-18-20(5)13-14-21(6)26/h9-10,19-25,27H,7-8,11-18,26H2,1-6H3/b10-9-/t20-,21+,22+,23?,24+,25+/m0/s1. The fourth-order valence-electron chi connectivity index (χ4n) is 3.95. The Morgan fingerprint density at radius 2 is 1.86 bits per heavy atom. The zero-order chi connectivity index (χ0) is 21.6. The van der Waals surface area contributed by atoms with E-state index in [-0.39, 0.29) is 6.04 Å². The minimum Gasteiger partial charge on any atom is -0.378 e. The quantitative estimate of drug-likeness (QED) is 0.169. The van der Waals surface area contributed by atoms with Crippen LogP contribution in [0.25, 0.3) is 0 Å². The van der Waals surface area contributed by atoms with Crippen LogP contribution in [0.3, 0.4) is 0 Å². The molecule has 0 bridgehead atoms. The largest absolute Gasteiger partial charge is 0.378 e. The monoisotopic (exact) mass is 410 g/mol. The first-order valence-corrected chi connectivity index (χ1v) is 12.3. The number of allylic oxidation sites excluding steroid dienone is 2. The molecule has 6 atom stereocenters. The Morgan fingerprint density at radius 3 is 2.48 bits per heavy atom.